The number of halogens is 3. The van der Waals surface area contributed by atoms with Crippen LogP contribution in [0.3, 0.4) is 0 Å². The van der Waals surface area contributed by atoms with E-state index in [4.69, 9.17) is 0 Å². The van der Waals surface area contributed by atoms with Gasteiger partial charge in [-0.3, -0.25) is 14.6 Å². The third-order valence-corrected chi connectivity index (χ3v) is 5.86. The molecule has 3 aromatic rings. The number of carbonyl (C=O) groups excluding carboxylic acids is 1. The van der Waals surface area contributed by atoms with Crippen molar-refractivity contribution in [2.75, 3.05) is 18.0 Å². The summed E-state index contributed by atoms with van der Waals surface area (Å²) in [6.45, 7) is 3.73. The quantitative estimate of drug-likeness (QED) is 0.522. The van der Waals surface area contributed by atoms with Gasteiger partial charge in [0.25, 0.3) is 5.91 Å². The number of alkyl halides is 3. The van der Waals surface area contributed by atoms with E-state index in [0.29, 0.717) is 18.9 Å². The molecule has 1 saturated heterocycles. The van der Waals surface area contributed by atoms with E-state index < -0.39 is 23.7 Å². The number of amides is 1. The van der Waals surface area contributed by atoms with Crippen LogP contribution in [0.25, 0.3) is 11.1 Å². The molecule has 1 amide bonds. The molecule has 0 bridgehead atoms. The Hall–Kier alpha value is -3.95. The van der Waals surface area contributed by atoms with Gasteiger partial charge in [-0.2, -0.15) is 28.6 Å². The van der Waals surface area contributed by atoms with Crippen molar-refractivity contribution in [2.24, 2.45) is 0 Å². The molecule has 1 fully saturated rings. The molecule has 0 unspecified atom stereocenters. The molecule has 35 heavy (non-hydrogen) atoms. The van der Waals surface area contributed by atoms with Crippen LogP contribution in [0.5, 0.6) is 0 Å². The Morgan fingerprint density at radius 3 is 2.63 bits per heavy atom. The van der Waals surface area contributed by atoms with E-state index in [1.165, 1.54) is 6.20 Å². The number of H-pyrrole nitrogens is 1. The second-order valence-electron chi connectivity index (χ2n) is 8.20. The summed E-state index contributed by atoms with van der Waals surface area (Å²) in [5, 5.41) is 22.8. The molecule has 2 N–H and O–H groups in total. The number of nitriles is 1. The highest BCUT2D eigenvalue weighted by Crippen LogP contribution is 2.36. The second-order valence-corrected chi connectivity index (χ2v) is 8.20. The zero-order valence-corrected chi connectivity index (χ0v) is 18.5. The van der Waals surface area contributed by atoms with Gasteiger partial charge in [0.15, 0.2) is 0 Å². The predicted molar refractivity (Wildman–Crippen MR) is 121 cm³/mol. The van der Waals surface area contributed by atoms with Gasteiger partial charge in [-0.1, -0.05) is 14.4 Å². The van der Waals surface area contributed by atoms with Crippen molar-refractivity contribution in [2.45, 2.75) is 51.9 Å². The molecule has 0 radical (unpaired) electrons. The number of aryl methyl sites for hydroxylation is 1. The Morgan fingerprint density at radius 1 is 1.29 bits per heavy atom. The first-order chi connectivity index (χ1) is 16.2. The first-order valence-electron chi connectivity index (χ1n) is 10.6. The smallest absolute Gasteiger partial charge is 0.350 e. The highest BCUT2D eigenvalue weighted by molar-refractivity contribution is 5.92. The highest BCUT2D eigenvalue weighted by atomic mass is 19.4. The Morgan fingerprint density at radius 2 is 2.03 bits per heavy atom. The minimum atomic E-state index is -4.55. The van der Waals surface area contributed by atoms with Gasteiger partial charge in [0.2, 0.25) is 0 Å². The first-order valence-corrected chi connectivity index (χ1v) is 10.6. The number of anilines is 1. The summed E-state index contributed by atoms with van der Waals surface area (Å²) in [6.07, 6.45) is 4.30. The number of rotatable bonds is 7. The molecule has 1 aliphatic heterocycles. The van der Waals surface area contributed by atoms with E-state index in [2.05, 4.69) is 31.3 Å². The molecule has 0 aliphatic carbocycles. The lowest BCUT2D eigenvalue weighted by molar-refractivity contribution is -0.149. The number of hydrogen-bond donors (Lipinski definition) is 2. The van der Waals surface area contributed by atoms with Gasteiger partial charge in [-0.15, -0.1) is 0 Å². The maximum absolute atomic E-state index is 12.7. The average molecular weight is 490 g/mol. The van der Waals surface area contributed by atoms with Crippen molar-refractivity contribution in [3.8, 4) is 17.2 Å². The molecule has 13 heteroatoms. The summed E-state index contributed by atoms with van der Waals surface area (Å²) in [7, 11) is 0. The first kappa shape index (κ1) is 25.7. The van der Waals surface area contributed by atoms with Crippen molar-refractivity contribution in [3.05, 3.63) is 42.4 Å². The molecule has 0 spiro atoms. The highest BCUT2D eigenvalue weighted by Gasteiger charge is 2.46. The van der Waals surface area contributed by atoms with Gasteiger partial charge in [0.1, 0.15) is 23.1 Å². The van der Waals surface area contributed by atoms with Crippen LogP contribution in [-0.2, 0) is 12.0 Å². The van der Waals surface area contributed by atoms with E-state index >= 15 is 0 Å². The summed E-state index contributed by atoms with van der Waals surface area (Å²) in [6, 6.07) is 0.213. The van der Waals surface area contributed by atoms with Crippen molar-refractivity contribution in [1.82, 2.24) is 35.3 Å². The van der Waals surface area contributed by atoms with Crippen LogP contribution in [0.15, 0.2) is 31.0 Å². The number of aromatic amines is 1. The molecule has 3 aromatic heterocycles. The zero-order chi connectivity index (χ0) is 24.5. The van der Waals surface area contributed by atoms with Crippen LogP contribution in [-0.4, -0.2) is 61.2 Å². The minimum absolute atomic E-state index is 0. The number of hydrogen-bond acceptors (Lipinski definition) is 7. The molecule has 1 atom stereocenters. The molecule has 1 aliphatic rings. The Bertz CT molecular complexity index is 1200. The van der Waals surface area contributed by atoms with Crippen LogP contribution in [0.2, 0.25) is 0 Å². The van der Waals surface area contributed by atoms with Gasteiger partial charge < -0.3 is 10.2 Å². The summed E-state index contributed by atoms with van der Waals surface area (Å²) >= 11 is 0. The lowest BCUT2D eigenvalue weighted by Crippen LogP contribution is -2.63. The Kier molecular flexibility index (Phi) is 7.14. The van der Waals surface area contributed by atoms with Gasteiger partial charge in [-0.05, 0) is 13.3 Å². The standard InChI is InChI=1S/C21H22F3N9O.CH4/c1-3-16-15(7-28-31-16)14-6-29-33(10-14)20(4-5-25)11-32(12-20)18-9-26-17(8-27-18)19(34)30-13(2)21(22,23)24;/h6-10,13H,3-4,11-12H2,1-2H3,(H,28,31)(H,30,34);1H4/t13-;/m0./s1. The van der Waals surface area contributed by atoms with Crippen LogP contribution >= 0.6 is 0 Å². The molecule has 186 valence electrons. The fourth-order valence-electron chi connectivity index (χ4n) is 3.82. The molecule has 4 heterocycles. The fourth-order valence-corrected chi connectivity index (χ4v) is 3.82. The van der Waals surface area contributed by atoms with Gasteiger partial charge in [0, 0.05) is 36.1 Å². The topological polar surface area (TPSA) is 128 Å². The Labute approximate surface area is 200 Å². The Balaban J connectivity index is 0.00000342. The van der Waals surface area contributed by atoms with Gasteiger partial charge in [0.05, 0.1) is 37.3 Å². The van der Waals surface area contributed by atoms with E-state index in [1.807, 2.05) is 23.3 Å². The van der Waals surface area contributed by atoms with E-state index in [-0.39, 0.29) is 19.5 Å². The average Bonchev–Trinajstić information content (AvgIpc) is 3.44. The zero-order valence-electron chi connectivity index (χ0n) is 18.5. The number of nitrogens with one attached hydrogen (secondary N) is 2. The van der Waals surface area contributed by atoms with E-state index in [0.717, 1.165) is 36.4 Å². The number of carbonyl (C=O) groups is 1. The lowest BCUT2D eigenvalue weighted by Gasteiger charge is -2.49. The summed E-state index contributed by atoms with van der Waals surface area (Å²) < 4.78 is 39.7. The van der Waals surface area contributed by atoms with Gasteiger partial charge >= 0.3 is 6.18 Å². The van der Waals surface area contributed by atoms with Crippen LogP contribution in [0.1, 0.15) is 43.9 Å². The van der Waals surface area contributed by atoms with Crippen molar-refractivity contribution >= 4 is 11.7 Å². The molecule has 4 rings (SSSR count). The molecule has 0 aromatic carbocycles. The SMILES string of the molecule is C.CCc1[nH]ncc1-c1cnn(C2(CC#N)CN(c3cnc(C(=O)N[C@@H](C)C(F)(F)F)cn3)C2)c1. The molecule has 10 nitrogen and oxygen atoms in total. The van der Waals surface area contributed by atoms with E-state index in [1.54, 1.807) is 17.1 Å². The normalized spacial score (nSPS) is 15.5. The fraction of sp³-hybridized carbons (Fsp3) is 0.455. The summed E-state index contributed by atoms with van der Waals surface area (Å²) in [5.74, 6) is -0.509. The maximum Gasteiger partial charge on any atom is 0.408 e. The number of nitrogens with zero attached hydrogens (tertiary/aromatic N) is 7. The predicted octanol–water partition coefficient (Wildman–Crippen LogP) is 3.07. The third-order valence-electron chi connectivity index (χ3n) is 5.86. The molecular formula is C22H26F3N9O. The van der Waals surface area contributed by atoms with Crippen molar-refractivity contribution < 1.29 is 18.0 Å². The largest absolute Gasteiger partial charge is 0.408 e. The monoisotopic (exact) mass is 489 g/mol. The molecule has 0 saturated carbocycles. The summed E-state index contributed by atoms with van der Waals surface area (Å²) in [5.41, 5.74) is 2.06. The van der Waals surface area contributed by atoms with Gasteiger partial charge in [-0.25, -0.2) is 9.97 Å². The maximum atomic E-state index is 12.7. The number of aromatic nitrogens is 6. The van der Waals surface area contributed by atoms with Crippen LogP contribution in [0.4, 0.5) is 19.0 Å². The minimum Gasteiger partial charge on any atom is -0.350 e. The molecular weight excluding hydrogens is 463 g/mol. The van der Waals surface area contributed by atoms with Crippen molar-refractivity contribution in [1.29, 1.82) is 5.26 Å². The van der Waals surface area contributed by atoms with Crippen LogP contribution < -0.4 is 10.2 Å². The van der Waals surface area contributed by atoms with E-state index in [9.17, 15) is 23.2 Å². The second kappa shape index (κ2) is 9.73. The third kappa shape index (κ3) is 4.96. The summed E-state index contributed by atoms with van der Waals surface area (Å²) in [4.78, 5) is 22.0. The van der Waals surface area contributed by atoms with Crippen LogP contribution in [0, 0.1) is 11.3 Å². The lowest BCUT2D eigenvalue weighted by atomic mass is 9.87. The van der Waals surface area contributed by atoms with Crippen molar-refractivity contribution in [3.63, 3.8) is 0 Å².